The fraction of sp³-hybridized carbons (Fsp3) is 0.435. The average Bonchev–Trinajstić information content (AvgIpc) is 2.75. The normalized spacial score (nSPS) is 19.0. The highest BCUT2D eigenvalue weighted by atomic mass is 16.5. The quantitative estimate of drug-likeness (QED) is 0.782. The summed E-state index contributed by atoms with van der Waals surface area (Å²) in [5, 5.41) is 2.99. The summed E-state index contributed by atoms with van der Waals surface area (Å²) in [5.41, 5.74) is 2.70. The van der Waals surface area contributed by atoms with Gasteiger partial charge in [0, 0.05) is 39.1 Å². The molecule has 0 unspecified atom stereocenters. The summed E-state index contributed by atoms with van der Waals surface area (Å²) in [6, 6.07) is 12.3. The molecule has 29 heavy (non-hydrogen) atoms. The second kappa shape index (κ2) is 9.65. The monoisotopic (exact) mass is 395 g/mol. The number of likely N-dealkylation sites (tertiary alicyclic amines) is 1. The minimum Gasteiger partial charge on any atom is -0.375 e. The van der Waals surface area contributed by atoms with Crippen molar-refractivity contribution >= 4 is 11.8 Å². The lowest BCUT2D eigenvalue weighted by molar-refractivity contribution is -0.144. The number of benzene rings is 1. The molecule has 0 spiro atoms. The molecule has 1 atom stereocenters. The Hall–Kier alpha value is -2.73. The van der Waals surface area contributed by atoms with E-state index in [4.69, 9.17) is 4.74 Å². The molecule has 2 amide bonds. The van der Waals surface area contributed by atoms with Gasteiger partial charge < -0.3 is 15.0 Å². The first-order valence-electron chi connectivity index (χ1n) is 10.1. The molecule has 6 nitrogen and oxygen atoms in total. The van der Waals surface area contributed by atoms with Crippen LogP contribution in [0.2, 0.25) is 0 Å². The van der Waals surface area contributed by atoms with Gasteiger partial charge in [-0.15, -0.1) is 0 Å². The summed E-state index contributed by atoms with van der Waals surface area (Å²) in [6.07, 6.45) is 5.73. The fourth-order valence-corrected chi connectivity index (χ4v) is 4.07. The molecule has 154 valence electrons. The number of ether oxygens (including phenoxy) is 1. The molecule has 1 aliphatic heterocycles. The maximum atomic E-state index is 13.1. The number of amides is 2. The number of carbonyl (C=O) groups is 2. The number of aromatic nitrogens is 1. The first-order chi connectivity index (χ1) is 14.1. The van der Waals surface area contributed by atoms with Crippen LogP contribution in [0.15, 0.2) is 48.8 Å². The molecule has 1 aliphatic rings. The molecule has 0 saturated carbocycles. The first kappa shape index (κ1) is 21.0. The largest absolute Gasteiger partial charge is 0.375 e. The van der Waals surface area contributed by atoms with Crippen LogP contribution in [0.4, 0.5) is 0 Å². The van der Waals surface area contributed by atoms with Crippen LogP contribution in [0.5, 0.6) is 0 Å². The number of methoxy groups -OCH3 is 1. The Labute approximate surface area is 172 Å². The van der Waals surface area contributed by atoms with Crippen molar-refractivity contribution in [2.45, 2.75) is 26.2 Å². The van der Waals surface area contributed by atoms with E-state index >= 15 is 0 Å². The summed E-state index contributed by atoms with van der Waals surface area (Å²) < 4.78 is 5.01. The van der Waals surface area contributed by atoms with E-state index in [-0.39, 0.29) is 18.4 Å². The molecule has 1 N–H and O–H groups in total. The highest BCUT2D eigenvalue weighted by Gasteiger charge is 2.43. The maximum absolute atomic E-state index is 13.1. The predicted octanol–water partition coefficient (Wildman–Crippen LogP) is 2.68. The number of nitrogens with one attached hydrogen (secondary N) is 1. The molecule has 2 aromatic rings. The van der Waals surface area contributed by atoms with Crippen LogP contribution in [0.1, 0.15) is 25.3 Å². The second-order valence-electron chi connectivity index (χ2n) is 7.60. The van der Waals surface area contributed by atoms with Gasteiger partial charge in [-0.25, -0.2) is 0 Å². The van der Waals surface area contributed by atoms with E-state index in [0.29, 0.717) is 26.1 Å². The van der Waals surface area contributed by atoms with Crippen LogP contribution >= 0.6 is 0 Å². The van der Waals surface area contributed by atoms with E-state index in [9.17, 15) is 9.59 Å². The topological polar surface area (TPSA) is 71.5 Å². The van der Waals surface area contributed by atoms with E-state index in [0.717, 1.165) is 29.5 Å². The molecule has 2 heterocycles. The SMILES string of the molecule is CCNC(=O)[C@]1(Cc2ccc(-c3ccncc3)cc2)CCCN(C(=O)COC)C1. The van der Waals surface area contributed by atoms with Crippen molar-refractivity contribution < 1.29 is 14.3 Å². The lowest BCUT2D eigenvalue weighted by atomic mass is 9.74. The lowest BCUT2D eigenvalue weighted by Gasteiger charge is -2.42. The highest BCUT2D eigenvalue weighted by molar-refractivity contribution is 5.85. The molecular weight excluding hydrogens is 366 g/mol. The van der Waals surface area contributed by atoms with Gasteiger partial charge in [-0.1, -0.05) is 24.3 Å². The molecule has 0 radical (unpaired) electrons. The zero-order valence-electron chi connectivity index (χ0n) is 17.2. The zero-order chi connectivity index (χ0) is 20.7. The number of hydrogen-bond donors (Lipinski definition) is 1. The number of piperidine rings is 1. The van der Waals surface area contributed by atoms with Gasteiger partial charge in [-0.3, -0.25) is 14.6 Å². The Morgan fingerprint density at radius 3 is 2.48 bits per heavy atom. The summed E-state index contributed by atoms with van der Waals surface area (Å²) in [7, 11) is 1.52. The maximum Gasteiger partial charge on any atom is 0.248 e. The molecule has 1 saturated heterocycles. The number of rotatable bonds is 7. The first-order valence-corrected chi connectivity index (χ1v) is 10.1. The van der Waals surface area contributed by atoms with Crippen molar-refractivity contribution in [3.63, 3.8) is 0 Å². The molecule has 0 aliphatic carbocycles. The molecule has 1 aromatic carbocycles. The smallest absolute Gasteiger partial charge is 0.248 e. The van der Waals surface area contributed by atoms with Crippen LogP contribution in [0, 0.1) is 5.41 Å². The molecule has 0 bridgehead atoms. The highest BCUT2D eigenvalue weighted by Crippen LogP contribution is 2.35. The van der Waals surface area contributed by atoms with Gasteiger partial charge in [0.1, 0.15) is 6.61 Å². The van der Waals surface area contributed by atoms with Crippen molar-refractivity contribution in [3.05, 3.63) is 54.4 Å². The van der Waals surface area contributed by atoms with E-state index in [2.05, 4.69) is 34.6 Å². The van der Waals surface area contributed by atoms with E-state index in [1.165, 1.54) is 7.11 Å². The van der Waals surface area contributed by atoms with Crippen LogP contribution in [-0.2, 0) is 20.7 Å². The van der Waals surface area contributed by atoms with E-state index in [1.54, 1.807) is 17.3 Å². The fourth-order valence-electron chi connectivity index (χ4n) is 4.07. The third-order valence-corrected chi connectivity index (χ3v) is 5.53. The van der Waals surface area contributed by atoms with Crippen LogP contribution in [0.3, 0.4) is 0 Å². The van der Waals surface area contributed by atoms with Gasteiger partial charge in [-0.2, -0.15) is 0 Å². The summed E-state index contributed by atoms with van der Waals surface area (Å²) in [4.78, 5) is 31.3. The minimum atomic E-state index is -0.615. The zero-order valence-corrected chi connectivity index (χ0v) is 17.2. The predicted molar refractivity (Wildman–Crippen MR) is 112 cm³/mol. The van der Waals surface area contributed by atoms with Gasteiger partial charge in [0.25, 0.3) is 0 Å². The lowest BCUT2D eigenvalue weighted by Crippen LogP contribution is -2.55. The average molecular weight is 396 g/mol. The number of nitrogens with zero attached hydrogens (tertiary/aromatic N) is 2. The van der Waals surface area contributed by atoms with Gasteiger partial charge in [0.15, 0.2) is 0 Å². The molecule has 1 fully saturated rings. The molecular formula is C23H29N3O3. The van der Waals surface area contributed by atoms with Gasteiger partial charge in [0.05, 0.1) is 5.41 Å². The number of pyridine rings is 1. The van der Waals surface area contributed by atoms with Crippen LogP contribution in [-0.4, -0.2) is 55.0 Å². The Morgan fingerprint density at radius 1 is 1.14 bits per heavy atom. The van der Waals surface area contributed by atoms with E-state index < -0.39 is 5.41 Å². The van der Waals surface area contributed by atoms with Crippen molar-refractivity contribution in [2.75, 3.05) is 33.4 Å². The summed E-state index contributed by atoms with van der Waals surface area (Å²) in [5.74, 6) is -0.0398. The van der Waals surface area contributed by atoms with Crippen molar-refractivity contribution in [2.24, 2.45) is 5.41 Å². The van der Waals surface area contributed by atoms with Crippen LogP contribution in [0.25, 0.3) is 11.1 Å². The van der Waals surface area contributed by atoms with Crippen molar-refractivity contribution in [3.8, 4) is 11.1 Å². The third-order valence-electron chi connectivity index (χ3n) is 5.53. The standard InChI is InChI=1S/C23H29N3O3/c1-3-25-22(28)23(11-4-14-26(17-23)21(27)16-29-2)15-18-5-7-19(8-6-18)20-9-12-24-13-10-20/h5-10,12-13H,3-4,11,14-17H2,1-2H3,(H,25,28)/t23-/m0/s1. The molecule has 1 aromatic heterocycles. The second-order valence-corrected chi connectivity index (χ2v) is 7.60. The Morgan fingerprint density at radius 2 is 1.83 bits per heavy atom. The van der Waals surface area contributed by atoms with Gasteiger partial charge in [0.2, 0.25) is 11.8 Å². The van der Waals surface area contributed by atoms with Crippen LogP contribution < -0.4 is 5.32 Å². The Kier molecular flexibility index (Phi) is 6.99. The Balaban J connectivity index is 1.82. The number of carbonyl (C=O) groups excluding carboxylic acids is 2. The third kappa shape index (κ3) is 5.01. The van der Waals surface area contributed by atoms with Crippen molar-refractivity contribution in [1.29, 1.82) is 0 Å². The summed E-state index contributed by atoms with van der Waals surface area (Å²) >= 11 is 0. The number of hydrogen-bond acceptors (Lipinski definition) is 4. The van der Waals surface area contributed by atoms with Gasteiger partial charge >= 0.3 is 0 Å². The van der Waals surface area contributed by atoms with E-state index in [1.807, 2.05) is 19.1 Å². The Bertz CT molecular complexity index is 823. The minimum absolute atomic E-state index is 0.0214. The molecule has 6 heteroatoms. The summed E-state index contributed by atoms with van der Waals surface area (Å²) in [6.45, 7) is 3.64. The van der Waals surface area contributed by atoms with Gasteiger partial charge in [-0.05, 0) is 55.0 Å². The van der Waals surface area contributed by atoms with Crippen molar-refractivity contribution in [1.82, 2.24) is 15.2 Å². The molecule has 3 rings (SSSR count).